The van der Waals surface area contributed by atoms with Gasteiger partial charge in [-0.05, 0) is 32.2 Å². The van der Waals surface area contributed by atoms with Crippen LogP contribution in [0.4, 0.5) is 4.79 Å². The van der Waals surface area contributed by atoms with Crippen LogP contribution in [0.15, 0.2) is 22.9 Å². The Morgan fingerprint density at radius 2 is 2.00 bits per heavy atom. The van der Waals surface area contributed by atoms with Crippen molar-refractivity contribution < 1.29 is 19.1 Å². The number of imide groups is 1. The van der Waals surface area contributed by atoms with Crippen LogP contribution in [0.2, 0.25) is 0 Å². The fourth-order valence-electron chi connectivity index (χ4n) is 1.85. The van der Waals surface area contributed by atoms with Crippen LogP contribution in [-0.2, 0) is 20.7 Å². The molecule has 7 nitrogen and oxygen atoms in total. The molecule has 0 saturated carbocycles. The lowest BCUT2D eigenvalue weighted by atomic mass is 10.3. The monoisotopic (exact) mass is 381 g/mol. The lowest BCUT2D eigenvalue weighted by Crippen LogP contribution is -2.46. The molecule has 0 spiro atoms. The van der Waals surface area contributed by atoms with Crippen molar-refractivity contribution in [2.75, 3.05) is 0 Å². The molecule has 0 saturated heterocycles. The Balaban J connectivity index is 1.83. The Kier molecular flexibility index (Phi) is 6.65. The average molecular weight is 381 g/mol. The second-order valence-corrected chi connectivity index (χ2v) is 7.35. The van der Waals surface area contributed by atoms with E-state index in [1.54, 1.807) is 30.6 Å². The van der Waals surface area contributed by atoms with Gasteiger partial charge in [0, 0.05) is 11.4 Å². The van der Waals surface area contributed by atoms with E-state index in [0.29, 0.717) is 5.69 Å². The fourth-order valence-corrected chi connectivity index (χ4v) is 3.49. The van der Waals surface area contributed by atoms with Crippen molar-refractivity contribution in [2.45, 2.75) is 39.3 Å². The molecule has 2 N–H and O–H groups in total. The summed E-state index contributed by atoms with van der Waals surface area (Å²) in [7, 11) is 0. The molecule has 0 radical (unpaired) electrons. The Bertz CT molecular complexity index is 740. The van der Waals surface area contributed by atoms with E-state index in [-0.39, 0.29) is 12.5 Å². The highest BCUT2D eigenvalue weighted by Crippen LogP contribution is 2.27. The van der Waals surface area contributed by atoms with Gasteiger partial charge in [-0.2, -0.15) is 0 Å². The van der Waals surface area contributed by atoms with Crippen molar-refractivity contribution >= 4 is 40.6 Å². The number of nitrogens with one attached hydrogen (secondary N) is 2. The van der Waals surface area contributed by atoms with E-state index >= 15 is 0 Å². The smallest absolute Gasteiger partial charge is 0.321 e. The molecule has 1 atom stereocenters. The van der Waals surface area contributed by atoms with Gasteiger partial charge in [0.2, 0.25) is 0 Å². The van der Waals surface area contributed by atoms with Crippen LogP contribution in [0.1, 0.15) is 26.5 Å². The van der Waals surface area contributed by atoms with Crippen LogP contribution in [0.5, 0.6) is 0 Å². The molecule has 2 rings (SSSR count). The van der Waals surface area contributed by atoms with E-state index < -0.39 is 24.0 Å². The number of hydrogen-bond donors (Lipinski definition) is 2. The summed E-state index contributed by atoms with van der Waals surface area (Å²) in [5, 5.41) is 9.23. The number of thiazole rings is 1. The SMILES string of the molecule is CC(C)NC(=O)NC(=O)C(C)OC(=O)Cc1csc(-c2cccs2)n1. The molecule has 0 aliphatic carbocycles. The Hall–Kier alpha value is -2.26. The van der Waals surface area contributed by atoms with Crippen LogP contribution in [0, 0.1) is 0 Å². The number of aromatic nitrogens is 1. The number of amides is 3. The number of ether oxygens (including phenoxy) is 1. The van der Waals surface area contributed by atoms with Gasteiger partial charge in [0.15, 0.2) is 6.10 Å². The Labute approximate surface area is 153 Å². The summed E-state index contributed by atoms with van der Waals surface area (Å²) >= 11 is 3.02. The normalized spacial score (nSPS) is 11.8. The van der Waals surface area contributed by atoms with Crippen molar-refractivity contribution in [2.24, 2.45) is 0 Å². The number of esters is 1. The summed E-state index contributed by atoms with van der Waals surface area (Å²) in [5.74, 6) is -1.25. The summed E-state index contributed by atoms with van der Waals surface area (Å²) in [6, 6.07) is 3.17. The van der Waals surface area contributed by atoms with Gasteiger partial charge < -0.3 is 10.1 Å². The molecule has 0 aliphatic heterocycles. The summed E-state index contributed by atoms with van der Waals surface area (Å²) in [4.78, 5) is 40.7. The third-order valence-electron chi connectivity index (χ3n) is 2.94. The first-order chi connectivity index (χ1) is 11.8. The minimum atomic E-state index is -1.07. The number of carbonyl (C=O) groups excluding carboxylic acids is 3. The van der Waals surface area contributed by atoms with Gasteiger partial charge in [-0.25, -0.2) is 9.78 Å². The molecule has 2 aromatic heterocycles. The molecule has 3 amide bonds. The minimum Gasteiger partial charge on any atom is -0.452 e. The van der Waals surface area contributed by atoms with E-state index in [0.717, 1.165) is 9.88 Å². The summed E-state index contributed by atoms with van der Waals surface area (Å²) in [5.41, 5.74) is 0.587. The first-order valence-corrected chi connectivity index (χ1v) is 9.40. The maximum atomic E-state index is 12.0. The Morgan fingerprint density at radius 3 is 2.64 bits per heavy atom. The summed E-state index contributed by atoms with van der Waals surface area (Å²) in [6.07, 6.45) is -1.10. The molecule has 134 valence electrons. The molecule has 2 heterocycles. The zero-order chi connectivity index (χ0) is 18.4. The van der Waals surface area contributed by atoms with E-state index in [1.165, 1.54) is 18.3 Å². The molecule has 0 bridgehead atoms. The largest absolute Gasteiger partial charge is 0.452 e. The molecule has 0 aromatic carbocycles. The topological polar surface area (TPSA) is 97.4 Å². The fraction of sp³-hybridized carbons (Fsp3) is 0.375. The van der Waals surface area contributed by atoms with E-state index in [9.17, 15) is 14.4 Å². The highest BCUT2D eigenvalue weighted by molar-refractivity contribution is 7.20. The average Bonchev–Trinajstić information content (AvgIpc) is 3.16. The van der Waals surface area contributed by atoms with Gasteiger partial charge in [-0.1, -0.05) is 6.07 Å². The van der Waals surface area contributed by atoms with E-state index in [4.69, 9.17) is 4.74 Å². The Morgan fingerprint density at radius 1 is 1.24 bits per heavy atom. The van der Waals surface area contributed by atoms with Crippen LogP contribution < -0.4 is 10.6 Å². The highest BCUT2D eigenvalue weighted by Gasteiger charge is 2.21. The summed E-state index contributed by atoms with van der Waals surface area (Å²) < 4.78 is 5.06. The van der Waals surface area contributed by atoms with Crippen LogP contribution in [-0.4, -0.2) is 35.0 Å². The zero-order valence-corrected chi connectivity index (χ0v) is 15.7. The van der Waals surface area contributed by atoms with Gasteiger partial charge in [0.25, 0.3) is 5.91 Å². The minimum absolute atomic E-state index is 0.0301. The van der Waals surface area contributed by atoms with Crippen molar-refractivity contribution in [3.05, 3.63) is 28.6 Å². The predicted molar refractivity (Wildman–Crippen MR) is 96.5 cm³/mol. The quantitative estimate of drug-likeness (QED) is 0.750. The number of thiophene rings is 1. The standard InChI is InChI=1S/C16H19N3O4S2/c1-9(2)17-16(22)19-14(21)10(3)23-13(20)7-11-8-25-15(18-11)12-5-4-6-24-12/h4-6,8-10H,7H2,1-3H3,(H2,17,19,21,22). The number of rotatable bonds is 6. The summed E-state index contributed by atoms with van der Waals surface area (Å²) in [6.45, 7) is 4.95. The van der Waals surface area contributed by atoms with Gasteiger partial charge in [0.05, 0.1) is 17.0 Å². The van der Waals surface area contributed by atoms with Gasteiger partial charge in [-0.15, -0.1) is 22.7 Å². The first-order valence-electron chi connectivity index (χ1n) is 7.64. The molecule has 0 aliphatic rings. The second kappa shape index (κ2) is 8.72. The molecule has 2 aromatic rings. The lowest BCUT2D eigenvalue weighted by Gasteiger charge is -2.14. The molecule has 0 fully saturated rings. The maximum Gasteiger partial charge on any atom is 0.321 e. The van der Waals surface area contributed by atoms with Crippen LogP contribution in [0.3, 0.4) is 0 Å². The van der Waals surface area contributed by atoms with Crippen molar-refractivity contribution in [3.63, 3.8) is 0 Å². The van der Waals surface area contributed by atoms with Gasteiger partial charge in [-0.3, -0.25) is 14.9 Å². The van der Waals surface area contributed by atoms with Gasteiger partial charge >= 0.3 is 12.0 Å². The maximum absolute atomic E-state index is 12.0. The third kappa shape index (κ3) is 5.95. The molecular weight excluding hydrogens is 362 g/mol. The van der Waals surface area contributed by atoms with Crippen LogP contribution in [0.25, 0.3) is 9.88 Å². The molecular formula is C16H19N3O4S2. The molecule has 25 heavy (non-hydrogen) atoms. The van der Waals surface area contributed by atoms with Crippen molar-refractivity contribution in [3.8, 4) is 9.88 Å². The van der Waals surface area contributed by atoms with Crippen LogP contribution >= 0.6 is 22.7 Å². The zero-order valence-electron chi connectivity index (χ0n) is 14.1. The number of urea groups is 1. The van der Waals surface area contributed by atoms with Crippen molar-refractivity contribution in [1.29, 1.82) is 0 Å². The second-order valence-electron chi connectivity index (χ2n) is 5.55. The number of nitrogens with zero attached hydrogens (tertiary/aromatic N) is 1. The highest BCUT2D eigenvalue weighted by atomic mass is 32.1. The predicted octanol–water partition coefficient (Wildman–Crippen LogP) is 2.58. The van der Waals surface area contributed by atoms with Crippen molar-refractivity contribution in [1.82, 2.24) is 15.6 Å². The van der Waals surface area contributed by atoms with E-state index in [2.05, 4.69) is 15.6 Å². The molecule has 1 unspecified atom stereocenters. The lowest BCUT2D eigenvalue weighted by molar-refractivity contribution is -0.153. The molecule has 9 heteroatoms. The first kappa shape index (κ1) is 19.1. The van der Waals surface area contributed by atoms with Gasteiger partial charge in [0.1, 0.15) is 5.01 Å². The van der Waals surface area contributed by atoms with E-state index in [1.807, 2.05) is 17.5 Å². The number of carbonyl (C=O) groups is 3. The number of hydrogen-bond acceptors (Lipinski definition) is 7. The third-order valence-corrected chi connectivity index (χ3v) is 4.87.